The lowest BCUT2D eigenvalue weighted by molar-refractivity contribution is -0.163. The third-order valence-corrected chi connectivity index (χ3v) is 13.8. The molecule has 2 aliphatic carbocycles. The Balaban J connectivity index is 1.24. The monoisotopic (exact) mass is 820 g/mol. The second kappa shape index (κ2) is 19.3. The van der Waals surface area contributed by atoms with E-state index in [1.807, 2.05) is 42.3 Å². The van der Waals surface area contributed by atoms with E-state index in [0.717, 1.165) is 70.6 Å². The van der Waals surface area contributed by atoms with Crippen molar-refractivity contribution in [1.82, 2.24) is 20.0 Å². The Kier molecular flexibility index (Phi) is 14.5. The number of para-hydroxylation sites is 1. The highest BCUT2D eigenvalue weighted by atomic mass is 35.5. The zero-order chi connectivity index (χ0) is 42.2. The van der Waals surface area contributed by atoms with Gasteiger partial charge in [-0.25, -0.2) is 0 Å². The quantitative estimate of drug-likeness (QED) is 0.122. The summed E-state index contributed by atoms with van der Waals surface area (Å²) in [5.74, 6) is 0.232. The van der Waals surface area contributed by atoms with Crippen molar-refractivity contribution in [1.29, 1.82) is 0 Å². The van der Waals surface area contributed by atoms with E-state index in [0.29, 0.717) is 16.5 Å². The summed E-state index contributed by atoms with van der Waals surface area (Å²) in [5, 5.41) is 3.90. The molecule has 59 heavy (non-hydrogen) atoms. The maximum absolute atomic E-state index is 15.2. The van der Waals surface area contributed by atoms with Crippen LogP contribution in [0.4, 0.5) is 0 Å². The number of halogens is 1. The average molecular weight is 822 g/mol. The summed E-state index contributed by atoms with van der Waals surface area (Å²) in [6, 6.07) is 35.5. The Morgan fingerprint density at radius 1 is 0.729 bits per heavy atom. The number of nitrogens with one attached hydrogen (secondary N) is 1. The predicted molar refractivity (Wildman–Crippen MR) is 239 cm³/mol. The summed E-state index contributed by atoms with van der Waals surface area (Å²) in [4.78, 5) is 36.6. The van der Waals surface area contributed by atoms with Crippen LogP contribution in [-0.2, 0) is 22.4 Å². The van der Waals surface area contributed by atoms with E-state index < -0.39 is 11.7 Å². The zero-order valence-corrected chi connectivity index (χ0v) is 37.0. The molecule has 2 aliphatic rings. The summed E-state index contributed by atoms with van der Waals surface area (Å²) < 4.78 is 13.3. The summed E-state index contributed by atoms with van der Waals surface area (Å²) >= 11 is 6.28. The number of carbonyl (C=O) groups is 2. The number of rotatable bonds is 16. The van der Waals surface area contributed by atoms with Crippen LogP contribution in [0.2, 0.25) is 5.02 Å². The molecule has 0 heterocycles. The number of aryl methyl sites for hydroxylation is 2. The minimum atomic E-state index is -1.73. The van der Waals surface area contributed by atoms with Gasteiger partial charge in [0.15, 0.2) is 0 Å². The van der Waals surface area contributed by atoms with Gasteiger partial charge in [0.1, 0.15) is 11.5 Å². The number of amides is 2. The Morgan fingerprint density at radius 3 is 1.86 bits per heavy atom. The molecule has 4 aromatic rings. The first-order valence-corrected chi connectivity index (χ1v) is 21.8. The molecule has 0 radical (unpaired) electrons. The van der Waals surface area contributed by atoms with Crippen molar-refractivity contribution in [3.05, 3.63) is 131 Å². The van der Waals surface area contributed by atoms with Crippen LogP contribution in [-0.4, -0.2) is 96.6 Å². The number of hydrogen-bond acceptors (Lipinski definition) is 6. The third kappa shape index (κ3) is 10.7. The average Bonchev–Trinajstić information content (AvgIpc) is 3.24. The molecule has 4 aromatic carbocycles. The highest BCUT2D eigenvalue weighted by Crippen LogP contribution is 2.40. The van der Waals surface area contributed by atoms with Crippen LogP contribution in [0, 0.1) is 6.92 Å². The number of likely N-dealkylation sites (N-methyl/N-ethyl adjacent to an activating group) is 2. The highest BCUT2D eigenvalue weighted by Gasteiger charge is 2.53. The van der Waals surface area contributed by atoms with E-state index >= 15 is 4.79 Å². The van der Waals surface area contributed by atoms with Crippen LogP contribution in [0.3, 0.4) is 0 Å². The van der Waals surface area contributed by atoms with Crippen molar-refractivity contribution in [2.75, 3.05) is 35.2 Å². The molecule has 316 valence electrons. The Morgan fingerprint density at radius 2 is 1.29 bits per heavy atom. The maximum atomic E-state index is 15.2. The van der Waals surface area contributed by atoms with Gasteiger partial charge >= 0.3 is 0 Å². The number of carbonyl (C=O) groups excluding carboxylic acids is 2. The van der Waals surface area contributed by atoms with E-state index in [2.05, 4.69) is 105 Å². The molecule has 6 rings (SSSR count). The van der Waals surface area contributed by atoms with Crippen molar-refractivity contribution in [3.63, 3.8) is 0 Å². The second-order valence-electron chi connectivity index (χ2n) is 17.8. The summed E-state index contributed by atoms with van der Waals surface area (Å²) in [5.41, 5.74) is 2.20. The second-order valence-corrected chi connectivity index (χ2v) is 18.2. The van der Waals surface area contributed by atoms with Gasteiger partial charge in [0.05, 0.1) is 0 Å². The van der Waals surface area contributed by atoms with Gasteiger partial charge in [-0.3, -0.25) is 9.59 Å². The van der Waals surface area contributed by atoms with Gasteiger partial charge in [-0.1, -0.05) is 90.0 Å². The van der Waals surface area contributed by atoms with Gasteiger partial charge in [0, 0.05) is 35.2 Å². The molecular weight excluding hydrogens is 756 g/mol. The summed E-state index contributed by atoms with van der Waals surface area (Å²) in [7, 11) is 10.5. The van der Waals surface area contributed by atoms with Gasteiger partial charge in [0.2, 0.25) is 11.7 Å². The van der Waals surface area contributed by atoms with Gasteiger partial charge in [-0.05, 0) is 160 Å². The molecule has 2 fully saturated rings. The molecule has 2 atom stereocenters. The highest BCUT2D eigenvalue weighted by molar-refractivity contribution is 6.30. The lowest BCUT2D eigenvalue weighted by Gasteiger charge is -2.48. The SMILES string of the molecule is Cc1ccc(CC2(N(C)C)CCC(N(C)C(=O)C(C)(Oc3ccccc3)C(Oc3ccc(Cl)cc3)C(=O)NC3CCC(CCc4ccccc4)(N(C)C)CC3)CC2)cc1. The van der Waals surface area contributed by atoms with Gasteiger partial charge in [-0.2, -0.15) is 0 Å². The molecule has 0 aliphatic heterocycles. The first-order valence-electron chi connectivity index (χ1n) is 21.4. The molecule has 0 saturated heterocycles. The van der Waals surface area contributed by atoms with Crippen molar-refractivity contribution in [2.24, 2.45) is 0 Å². The fourth-order valence-corrected chi connectivity index (χ4v) is 9.56. The normalized spacial score (nSPS) is 23.6. The van der Waals surface area contributed by atoms with E-state index in [9.17, 15) is 4.79 Å². The smallest absolute Gasteiger partial charge is 0.271 e. The molecule has 1 N–H and O–H groups in total. The van der Waals surface area contributed by atoms with Crippen LogP contribution in [0.25, 0.3) is 0 Å². The zero-order valence-electron chi connectivity index (χ0n) is 36.3. The first-order chi connectivity index (χ1) is 28.2. The van der Waals surface area contributed by atoms with Gasteiger partial charge in [0.25, 0.3) is 11.8 Å². The molecule has 2 amide bonds. The van der Waals surface area contributed by atoms with Gasteiger partial charge in [-0.15, -0.1) is 0 Å². The Hall–Kier alpha value is -4.37. The molecule has 2 saturated carbocycles. The van der Waals surface area contributed by atoms with Crippen molar-refractivity contribution >= 4 is 23.4 Å². The molecule has 0 aromatic heterocycles. The number of nitrogens with zero attached hydrogens (tertiary/aromatic N) is 3. The molecule has 0 bridgehead atoms. The van der Waals surface area contributed by atoms with E-state index in [1.54, 1.807) is 31.2 Å². The molecule has 9 heteroatoms. The lowest BCUT2D eigenvalue weighted by atomic mass is 9.74. The largest absolute Gasteiger partial charge is 0.476 e. The van der Waals surface area contributed by atoms with E-state index in [4.69, 9.17) is 21.1 Å². The minimum Gasteiger partial charge on any atom is -0.476 e. The minimum absolute atomic E-state index is 0.0225. The van der Waals surface area contributed by atoms with Gasteiger partial charge < -0.3 is 29.5 Å². The molecule has 8 nitrogen and oxygen atoms in total. The summed E-state index contributed by atoms with van der Waals surface area (Å²) in [6.45, 7) is 3.83. The van der Waals surface area contributed by atoms with Crippen LogP contribution in [0.15, 0.2) is 109 Å². The van der Waals surface area contributed by atoms with Crippen LogP contribution >= 0.6 is 11.6 Å². The van der Waals surface area contributed by atoms with Crippen molar-refractivity contribution < 1.29 is 19.1 Å². The predicted octanol–water partition coefficient (Wildman–Crippen LogP) is 9.17. The standard InChI is InChI=1S/C50H65ClN4O4/c1-37-18-20-39(21-19-37)36-50(54(5)6)34-29-42(30-35-50)55(7)47(57)48(2,59-44-16-12-9-13-17-44)45(58-43-24-22-40(51)23-25-43)46(56)52-41-27-32-49(33-28-41,53(3)4)31-26-38-14-10-8-11-15-38/h8-25,41-42,45H,26-36H2,1-7H3,(H,52,56). The fourth-order valence-electron chi connectivity index (χ4n) is 9.44. The lowest BCUT2D eigenvalue weighted by Crippen LogP contribution is -2.66. The molecule has 2 unspecified atom stereocenters. The van der Waals surface area contributed by atoms with E-state index in [1.165, 1.54) is 16.7 Å². The maximum Gasteiger partial charge on any atom is 0.271 e. The van der Waals surface area contributed by atoms with E-state index in [-0.39, 0.29) is 35.0 Å². The number of hydrogen-bond donors (Lipinski definition) is 1. The molecular formula is C50H65ClN4O4. The summed E-state index contributed by atoms with van der Waals surface area (Å²) in [6.07, 6.45) is 8.69. The first kappa shape index (κ1) is 44.2. The fraction of sp³-hybridized carbons (Fsp3) is 0.480. The van der Waals surface area contributed by atoms with Crippen LogP contribution < -0.4 is 14.8 Å². The number of benzene rings is 4. The Bertz CT molecular complexity index is 1940. The molecule has 0 spiro atoms. The topological polar surface area (TPSA) is 74.3 Å². The van der Waals surface area contributed by atoms with Crippen LogP contribution in [0.1, 0.15) is 81.4 Å². The van der Waals surface area contributed by atoms with Crippen molar-refractivity contribution in [3.8, 4) is 11.5 Å². The van der Waals surface area contributed by atoms with Crippen LogP contribution in [0.5, 0.6) is 11.5 Å². The third-order valence-electron chi connectivity index (χ3n) is 13.6. The number of ether oxygens (including phenoxy) is 2. The van der Waals surface area contributed by atoms with Crippen molar-refractivity contribution in [2.45, 2.75) is 119 Å². The Labute approximate surface area is 358 Å².